The van der Waals surface area contributed by atoms with Crippen LogP contribution in [0.25, 0.3) is 0 Å². The molecule has 0 aromatic rings. The number of hydrogen-bond acceptors (Lipinski definition) is 2. The van der Waals surface area contributed by atoms with E-state index >= 15 is 0 Å². The number of rotatable bonds is 6. The third-order valence-electron chi connectivity index (χ3n) is 1.90. The summed E-state index contributed by atoms with van der Waals surface area (Å²) in [5.74, 6) is 0.585. The molecule has 72 valence electrons. The van der Waals surface area contributed by atoms with Gasteiger partial charge in [0.2, 0.25) is 0 Å². The van der Waals surface area contributed by atoms with Crippen LogP contribution in [0.4, 0.5) is 0 Å². The summed E-state index contributed by atoms with van der Waals surface area (Å²) in [5, 5.41) is 12.4. The molecular formula is C10H21NO. The Hall–Kier alpha value is -0.340. The lowest BCUT2D eigenvalue weighted by molar-refractivity contribution is 0.181. The first-order valence-corrected chi connectivity index (χ1v) is 4.60. The van der Waals surface area contributed by atoms with Crippen LogP contribution in [0.15, 0.2) is 12.7 Å². The second kappa shape index (κ2) is 6.21. The Morgan fingerprint density at radius 2 is 2.00 bits per heavy atom. The van der Waals surface area contributed by atoms with E-state index in [9.17, 15) is 0 Å². The Kier molecular flexibility index (Phi) is 6.03. The second-order valence-corrected chi connectivity index (χ2v) is 3.63. The van der Waals surface area contributed by atoms with Crippen molar-refractivity contribution in [1.29, 1.82) is 0 Å². The summed E-state index contributed by atoms with van der Waals surface area (Å²) in [4.78, 5) is 0. The maximum Gasteiger partial charge on any atom is 0.0636 e. The topological polar surface area (TPSA) is 32.3 Å². The summed E-state index contributed by atoms with van der Waals surface area (Å²) < 4.78 is 0. The molecule has 12 heavy (non-hydrogen) atoms. The largest absolute Gasteiger partial charge is 0.392 e. The fourth-order valence-corrected chi connectivity index (χ4v) is 1.09. The van der Waals surface area contributed by atoms with Crippen LogP contribution in [0.5, 0.6) is 0 Å². The number of aliphatic hydroxyl groups is 1. The van der Waals surface area contributed by atoms with Crippen LogP contribution < -0.4 is 5.32 Å². The molecule has 0 saturated heterocycles. The lowest BCUT2D eigenvalue weighted by atomic mass is 10.0. The van der Waals surface area contributed by atoms with E-state index in [1.54, 1.807) is 6.92 Å². The fraction of sp³-hybridized carbons (Fsp3) is 0.800. The van der Waals surface area contributed by atoms with E-state index in [2.05, 4.69) is 25.7 Å². The summed E-state index contributed by atoms with van der Waals surface area (Å²) in [5.41, 5.74) is 0. The van der Waals surface area contributed by atoms with E-state index in [-0.39, 0.29) is 6.10 Å². The highest BCUT2D eigenvalue weighted by Gasteiger charge is 2.10. The van der Waals surface area contributed by atoms with E-state index in [4.69, 9.17) is 5.11 Å². The van der Waals surface area contributed by atoms with Crippen molar-refractivity contribution in [3.63, 3.8) is 0 Å². The Labute approximate surface area is 75.7 Å². The van der Waals surface area contributed by atoms with Gasteiger partial charge in [0.25, 0.3) is 0 Å². The van der Waals surface area contributed by atoms with Crippen LogP contribution in [0, 0.1) is 5.92 Å². The van der Waals surface area contributed by atoms with Crippen LogP contribution in [0.2, 0.25) is 0 Å². The first-order valence-electron chi connectivity index (χ1n) is 4.60. The van der Waals surface area contributed by atoms with Gasteiger partial charge in [0.1, 0.15) is 0 Å². The quantitative estimate of drug-likeness (QED) is 0.594. The van der Waals surface area contributed by atoms with Crippen LogP contribution in [-0.2, 0) is 0 Å². The monoisotopic (exact) mass is 171 g/mol. The Morgan fingerprint density at radius 3 is 2.33 bits per heavy atom. The second-order valence-electron chi connectivity index (χ2n) is 3.63. The summed E-state index contributed by atoms with van der Waals surface area (Å²) in [7, 11) is 0. The van der Waals surface area contributed by atoms with Gasteiger partial charge < -0.3 is 10.4 Å². The first-order chi connectivity index (χ1) is 5.57. The van der Waals surface area contributed by atoms with Crippen molar-refractivity contribution in [3.8, 4) is 0 Å². The summed E-state index contributed by atoms with van der Waals surface area (Å²) >= 11 is 0. The zero-order valence-corrected chi connectivity index (χ0v) is 8.38. The highest BCUT2D eigenvalue weighted by Crippen LogP contribution is 2.05. The van der Waals surface area contributed by atoms with Crippen molar-refractivity contribution < 1.29 is 5.11 Å². The normalized spacial score (nSPS) is 16.1. The third kappa shape index (κ3) is 5.33. The Bertz CT molecular complexity index is 121. The van der Waals surface area contributed by atoms with Gasteiger partial charge in [-0.2, -0.15) is 0 Å². The van der Waals surface area contributed by atoms with E-state index in [0.717, 1.165) is 6.42 Å². The van der Waals surface area contributed by atoms with E-state index in [1.165, 1.54) is 0 Å². The minimum Gasteiger partial charge on any atom is -0.392 e. The highest BCUT2D eigenvalue weighted by molar-refractivity contribution is 4.80. The van der Waals surface area contributed by atoms with Gasteiger partial charge in [-0.15, -0.1) is 6.58 Å². The van der Waals surface area contributed by atoms with Gasteiger partial charge in [0.05, 0.1) is 6.10 Å². The molecule has 0 aromatic carbocycles. The van der Waals surface area contributed by atoms with Gasteiger partial charge in [-0.05, 0) is 19.3 Å². The molecular weight excluding hydrogens is 150 g/mol. The van der Waals surface area contributed by atoms with Crippen molar-refractivity contribution in [3.05, 3.63) is 12.7 Å². The van der Waals surface area contributed by atoms with Gasteiger partial charge >= 0.3 is 0 Å². The highest BCUT2D eigenvalue weighted by atomic mass is 16.3. The SMILES string of the molecule is C=CC[C@H](NC[C@H](C)O)C(C)C. The van der Waals surface area contributed by atoms with Crippen LogP contribution in [0.3, 0.4) is 0 Å². The van der Waals surface area contributed by atoms with E-state index in [1.807, 2.05) is 6.08 Å². The predicted molar refractivity (Wildman–Crippen MR) is 53.1 cm³/mol. The minimum absolute atomic E-state index is 0.268. The van der Waals surface area contributed by atoms with Gasteiger partial charge in [-0.3, -0.25) is 0 Å². The lowest BCUT2D eigenvalue weighted by Gasteiger charge is -2.21. The number of hydrogen-bond donors (Lipinski definition) is 2. The van der Waals surface area contributed by atoms with Crippen molar-refractivity contribution in [2.75, 3.05) is 6.54 Å². The molecule has 0 fully saturated rings. The molecule has 0 spiro atoms. The molecule has 0 unspecified atom stereocenters. The lowest BCUT2D eigenvalue weighted by Crippen LogP contribution is -2.37. The summed E-state index contributed by atoms with van der Waals surface area (Å²) in [6, 6.07) is 0.442. The molecule has 2 heteroatoms. The molecule has 0 aromatic heterocycles. The maximum atomic E-state index is 9.06. The average molecular weight is 171 g/mol. The van der Waals surface area contributed by atoms with E-state index in [0.29, 0.717) is 18.5 Å². The fourth-order valence-electron chi connectivity index (χ4n) is 1.09. The Morgan fingerprint density at radius 1 is 1.42 bits per heavy atom. The maximum absolute atomic E-state index is 9.06. The van der Waals surface area contributed by atoms with Crippen molar-refractivity contribution in [2.45, 2.75) is 39.3 Å². The van der Waals surface area contributed by atoms with Crippen molar-refractivity contribution >= 4 is 0 Å². The summed E-state index contributed by atoms with van der Waals surface area (Å²) in [6.45, 7) is 10.5. The predicted octanol–water partition coefficient (Wildman–Crippen LogP) is 1.56. The minimum atomic E-state index is -0.268. The molecule has 0 aliphatic rings. The Balaban J connectivity index is 3.70. The van der Waals surface area contributed by atoms with Gasteiger partial charge in [-0.1, -0.05) is 19.9 Å². The molecule has 0 aliphatic heterocycles. The van der Waals surface area contributed by atoms with Crippen molar-refractivity contribution in [1.82, 2.24) is 5.32 Å². The molecule has 2 N–H and O–H groups in total. The molecule has 0 bridgehead atoms. The zero-order chi connectivity index (χ0) is 9.56. The molecule has 0 saturated carbocycles. The van der Waals surface area contributed by atoms with Crippen molar-refractivity contribution in [2.24, 2.45) is 5.92 Å². The van der Waals surface area contributed by atoms with E-state index < -0.39 is 0 Å². The molecule has 0 radical (unpaired) electrons. The molecule has 0 heterocycles. The van der Waals surface area contributed by atoms with Crippen LogP contribution in [-0.4, -0.2) is 23.8 Å². The standard InChI is InChI=1S/C10H21NO/c1-5-6-10(8(2)3)11-7-9(4)12/h5,8-12H,1,6-7H2,2-4H3/t9-,10-/m0/s1. The zero-order valence-electron chi connectivity index (χ0n) is 8.38. The molecule has 0 rings (SSSR count). The molecule has 0 amide bonds. The van der Waals surface area contributed by atoms with Crippen LogP contribution in [0.1, 0.15) is 27.2 Å². The van der Waals surface area contributed by atoms with Gasteiger partial charge in [0, 0.05) is 12.6 Å². The molecule has 2 atom stereocenters. The smallest absolute Gasteiger partial charge is 0.0636 e. The summed E-state index contributed by atoms with van der Waals surface area (Å²) in [6.07, 6.45) is 2.61. The first kappa shape index (κ1) is 11.7. The third-order valence-corrected chi connectivity index (χ3v) is 1.90. The van der Waals surface area contributed by atoms with Gasteiger partial charge in [0.15, 0.2) is 0 Å². The molecule has 0 aliphatic carbocycles. The number of aliphatic hydroxyl groups excluding tert-OH is 1. The average Bonchev–Trinajstić information content (AvgIpc) is 1.96. The number of nitrogens with one attached hydrogen (secondary N) is 1. The van der Waals surface area contributed by atoms with Gasteiger partial charge in [-0.25, -0.2) is 0 Å². The molecule has 2 nitrogen and oxygen atoms in total. The van der Waals surface area contributed by atoms with Crippen LogP contribution >= 0.6 is 0 Å².